The molecule has 1 heterocycles. The second-order valence-electron chi connectivity index (χ2n) is 6.66. The molecule has 0 unspecified atom stereocenters. The van der Waals surface area contributed by atoms with E-state index < -0.39 is 0 Å². The summed E-state index contributed by atoms with van der Waals surface area (Å²) in [4.78, 5) is 12.8. The number of hydrogen-bond acceptors (Lipinski definition) is 6. The van der Waals surface area contributed by atoms with Crippen LogP contribution in [0.5, 0.6) is 5.75 Å². The minimum Gasteiger partial charge on any atom is -0.495 e. The van der Waals surface area contributed by atoms with Crippen molar-refractivity contribution in [3.63, 3.8) is 0 Å². The fourth-order valence-corrected chi connectivity index (χ4v) is 3.20. The van der Waals surface area contributed by atoms with E-state index in [-0.39, 0.29) is 6.67 Å². The Kier molecular flexibility index (Phi) is 7.09. The van der Waals surface area contributed by atoms with Gasteiger partial charge in [-0.05, 0) is 54.3 Å². The van der Waals surface area contributed by atoms with Crippen molar-refractivity contribution in [3.8, 4) is 5.75 Å². The second-order valence-corrected chi connectivity index (χ2v) is 6.66. The lowest BCUT2D eigenvalue weighted by atomic mass is 9.86. The summed E-state index contributed by atoms with van der Waals surface area (Å²) in [5.41, 5.74) is 12.7. The summed E-state index contributed by atoms with van der Waals surface area (Å²) in [6.07, 6.45) is 10.9. The smallest absolute Gasteiger partial charge is 0.137 e. The third-order valence-electron chi connectivity index (χ3n) is 4.63. The minimum atomic E-state index is 0.149. The van der Waals surface area contributed by atoms with Crippen molar-refractivity contribution in [2.75, 3.05) is 19.1 Å². The van der Waals surface area contributed by atoms with E-state index in [1.165, 1.54) is 0 Å². The quantitative estimate of drug-likeness (QED) is 0.490. The van der Waals surface area contributed by atoms with Crippen molar-refractivity contribution < 1.29 is 4.74 Å². The van der Waals surface area contributed by atoms with Crippen LogP contribution in [0, 0.1) is 0 Å². The van der Waals surface area contributed by atoms with Gasteiger partial charge in [0, 0.05) is 40.5 Å². The van der Waals surface area contributed by atoms with Crippen molar-refractivity contribution in [2.24, 2.45) is 15.7 Å². The second kappa shape index (κ2) is 10.1. The first-order valence-corrected chi connectivity index (χ1v) is 9.62. The molecule has 0 saturated heterocycles. The monoisotopic (exact) mass is 411 g/mol. The van der Waals surface area contributed by atoms with E-state index in [1.807, 2.05) is 36.4 Å². The molecule has 31 heavy (non-hydrogen) atoms. The van der Waals surface area contributed by atoms with Crippen molar-refractivity contribution in [3.05, 3.63) is 103 Å². The molecule has 1 aliphatic rings. The van der Waals surface area contributed by atoms with Gasteiger partial charge in [0.05, 0.1) is 25.7 Å². The van der Waals surface area contributed by atoms with Crippen LogP contribution in [0.1, 0.15) is 11.1 Å². The molecule has 0 amide bonds. The fraction of sp³-hybridized carbons (Fsp3) is 0.0800. The molecule has 0 fully saturated rings. The Bertz CT molecular complexity index is 1140. The molecule has 156 valence electrons. The van der Waals surface area contributed by atoms with E-state index in [9.17, 15) is 0 Å². The summed E-state index contributed by atoms with van der Waals surface area (Å²) >= 11 is 0. The molecule has 1 aromatic heterocycles. The van der Waals surface area contributed by atoms with Gasteiger partial charge < -0.3 is 15.8 Å². The standard InChI is InChI=1S/C25H25N5O/c1-5-17(2)30-22-8-6-7-18(10-22)24-12-19(20-11-23(31-4)15-28-14-20)9-21(13-27-3)25(24)29-16-26/h5-15,30H,1-3,16,26H2,4H3/b21-13-,29-25+. The van der Waals surface area contributed by atoms with Gasteiger partial charge in [-0.3, -0.25) is 15.0 Å². The Balaban J connectivity index is 2.16. The lowest BCUT2D eigenvalue weighted by Crippen LogP contribution is -2.13. The lowest BCUT2D eigenvalue weighted by Gasteiger charge is -2.20. The number of nitrogens with two attached hydrogens (primary N) is 1. The molecular formula is C25H25N5O. The normalized spacial score (nSPS) is 15.8. The summed E-state index contributed by atoms with van der Waals surface area (Å²) < 4.78 is 5.34. The first-order chi connectivity index (χ1) is 15.1. The highest BCUT2D eigenvalue weighted by Crippen LogP contribution is 2.34. The van der Waals surface area contributed by atoms with E-state index in [0.717, 1.165) is 39.2 Å². The number of methoxy groups -OCH3 is 1. The summed E-state index contributed by atoms with van der Waals surface area (Å²) in [6.45, 7) is 11.4. The number of allylic oxidation sites excluding steroid dienone is 6. The van der Waals surface area contributed by atoms with Gasteiger partial charge in [0.15, 0.2) is 0 Å². The van der Waals surface area contributed by atoms with E-state index in [1.54, 1.807) is 31.8 Å². The number of benzene rings is 1. The lowest BCUT2D eigenvalue weighted by molar-refractivity contribution is 0.413. The molecule has 0 spiro atoms. The number of aromatic nitrogens is 1. The van der Waals surface area contributed by atoms with Gasteiger partial charge in [0.2, 0.25) is 0 Å². The Morgan fingerprint density at radius 3 is 2.77 bits per heavy atom. The number of aliphatic imine (C=N–C) groups is 2. The number of hydrogen-bond donors (Lipinski definition) is 2. The molecule has 3 rings (SSSR count). The predicted molar refractivity (Wildman–Crippen MR) is 130 cm³/mol. The zero-order valence-corrected chi connectivity index (χ0v) is 17.5. The summed E-state index contributed by atoms with van der Waals surface area (Å²) in [7, 11) is 1.62. The Hall–Kier alpha value is -4.03. The average molecular weight is 412 g/mol. The highest BCUT2D eigenvalue weighted by atomic mass is 16.5. The van der Waals surface area contributed by atoms with Crippen LogP contribution in [-0.2, 0) is 0 Å². The number of anilines is 1. The molecule has 0 atom stereocenters. The summed E-state index contributed by atoms with van der Waals surface area (Å²) in [5, 5.41) is 3.22. The molecule has 0 radical (unpaired) electrons. The van der Waals surface area contributed by atoms with E-state index >= 15 is 0 Å². The van der Waals surface area contributed by atoms with Crippen molar-refractivity contribution >= 4 is 29.3 Å². The molecule has 6 nitrogen and oxygen atoms in total. The van der Waals surface area contributed by atoms with Gasteiger partial charge in [0.25, 0.3) is 0 Å². The van der Waals surface area contributed by atoms with E-state index in [4.69, 9.17) is 10.5 Å². The maximum atomic E-state index is 5.79. The zero-order chi connectivity index (χ0) is 22.2. The van der Waals surface area contributed by atoms with Crippen molar-refractivity contribution in [2.45, 2.75) is 0 Å². The van der Waals surface area contributed by atoms with Crippen LogP contribution < -0.4 is 15.8 Å². The van der Waals surface area contributed by atoms with Crippen LogP contribution in [0.25, 0.3) is 11.1 Å². The topological polar surface area (TPSA) is 84.9 Å². The molecule has 3 N–H and O–H groups in total. The molecule has 6 heteroatoms. The Morgan fingerprint density at radius 2 is 2.06 bits per heavy atom. The zero-order valence-electron chi connectivity index (χ0n) is 17.5. The van der Waals surface area contributed by atoms with E-state index in [0.29, 0.717) is 11.4 Å². The van der Waals surface area contributed by atoms with Gasteiger partial charge in [-0.25, -0.2) is 0 Å². The minimum absolute atomic E-state index is 0.149. The highest BCUT2D eigenvalue weighted by Gasteiger charge is 2.20. The first kappa shape index (κ1) is 21.7. The van der Waals surface area contributed by atoms with Gasteiger partial charge >= 0.3 is 0 Å². The third-order valence-corrected chi connectivity index (χ3v) is 4.63. The number of nitrogens with zero attached hydrogens (tertiary/aromatic N) is 3. The molecule has 0 aliphatic heterocycles. The van der Waals surface area contributed by atoms with Gasteiger partial charge in [-0.15, -0.1) is 0 Å². The van der Waals surface area contributed by atoms with Gasteiger partial charge in [-0.1, -0.05) is 25.3 Å². The van der Waals surface area contributed by atoms with Crippen molar-refractivity contribution in [1.82, 2.24) is 4.98 Å². The largest absolute Gasteiger partial charge is 0.495 e. The van der Waals surface area contributed by atoms with Crippen molar-refractivity contribution in [1.29, 1.82) is 0 Å². The predicted octanol–water partition coefficient (Wildman–Crippen LogP) is 4.62. The van der Waals surface area contributed by atoms with Crippen LogP contribution in [0.4, 0.5) is 5.69 Å². The number of nitrogens with one attached hydrogen (secondary N) is 1. The van der Waals surface area contributed by atoms with Gasteiger partial charge in [-0.2, -0.15) is 0 Å². The average Bonchev–Trinajstić information content (AvgIpc) is 2.80. The molecule has 1 aromatic carbocycles. The molecular weight excluding hydrogens is 386 g/mol. The van der Waals surface area contributed by atoms with Crippen LogP contribution in [-0.4, -0.2) is 31.2 Å². The summed E-state index contributed by atoms with van der Waals surface area (Å²) in [5.74, 6) is 0.677. The molecule has 0 bridgehead atoms. The highest BCUT2D eigenvalue weighted by molar-refractivity contribution is 6.36. The van der Waals surface area contributed by atoms with Crippen LogP contribution in [0.2, 0.25) is 0 Å². The maximum Gasteiger partial charge on any atom is 0.137 e. The van der Waals surface area contributed by atoms with Crippen LogP contribution in [0.3, 0.4) is 0 Å². The summed E-state index contributed by atoms with van der Waals surface area (Å²) in [6, 6.07) is 9.91. The molecule has 1 aliphatic carbocycles. The number of pyridine rings is 1. The van der Waals surface area contributed by atoms with Crippen LogP contribution >= 0.6 is 0 Å². The maximum absolute atomic E-state index is 5.79. The number of ether oxygens (including phenoxy) is 1. The molecule has 2 aromatic rings. The van der Waals surface area contributed by atoms with Gasteiger partial charge in [0.1, 0.15) is 5.75 Å². The fourth-order valence-electron chi connectivity index (χ4n) is 3.20. The first-order valence-electron chi connectivity index (χ1n) is 9.62. The molecule has 0 saturated carbocycles. The number of rotatable bonds is 8. The third kappa shape index (κ3) is 5.12. The SMILES string of the molecule is C=CC(=C)Nc1cccc(C2=CC(c3cncc(OC)c3)=CC(=C/N=C)/C2=N\CN)c1. The Morgan fingerprint density at radius 1 is 1.23 bits per heavy atom. The van der Waals surface area contributed by atoms with Crippen LogP contribution in [0.15, 0.2) is 102 Å². The Labute approximate surface area is 182 Å². The van der Waals surface area contributed by atoms with E-state index in [2.05, 4.69) is 46.2 Å².